The lowest BCUT2D eigenvalue weighted by Gasteiger charge is -2.25. The number of carbonyl (C=O) groups excluding carboxylic acids is 1. The largest absolute Gasteiger partial charge is 0.411 e. The third-order valence-electron chi connectivity index (χ3n) is 4.71. The number of aromatic nitrogens is 2. The maximum atomic E-state index is 12.9. The summed E-state index contributed by atoms with van der Waals surface area (Å²) in [4.78, 5) is 12.0. The summed E-state index contributed by atoms with van der Waals surface area (Å²) in [7, 11) is -3.53. The first kappa shape index (κ1) is 19.4. The van der Waals surface area contributed by atoms with Crippen molar-refractivity contribution >= 4 is 27.7 Å². The third-order valence-corrected chi connectivity index (χ3v) is 7.42. The molecule has 1 aromatic carbocycles. The van der Waals surface area contributed by atoms with Gasteiger partial charge in [0.15, 0.2) is 0 Å². The van der Waals surface area contributed by atoms with Gasteiger partial charge in [0.1, 0.15) is 0 Å². The molecule has 0 atom stereocenters. The van der Waals surface area contributed by atoms with Crippen molar-refractivity contribution in [2.45, 2.75) is 48.3 Å². The van der Waals surface area contributed by atoms with Crippen LogP contribution in [0, 0.1) is 0 Å². The molecule has 1 aliphatic carbocycles. The van der Waals surface area contributed by atoms with Crippen molar-refractivity contribution in [3.63, 3.8) is 0 Å². The van der Waals surface area contributed by atoms with Crippen molar-refractivity contribution in [3.05, 3.63) is 24.3 Å². The third kappa shape index (κ3) is 4.56. The lowest BCUT2D eigenvalue weighted by molar-refractivity contribution is -0.118. The highest BCUT2D eigenvalue weighted by Crippen LogP contribution is 2.27. The van der Waals surface area contributed by atoms with Crippen LogP contribution in [0.3, 0.4) is 0 Å². The molecule has 10 heteroatoms. The van der Waals surface area contributed by atoms with Gasteiger partial charge < -0.3 is 9.73 Å². The molecule has 0 bridgehead atoms. The van der Waals surface area contributed by atoms with E-state index in [0.717, 1.165) is 32.1 Å². The number of thioether (sulfide) groups is 1. The zero-order valence-corrected chi connectivity index (χ0v) is 17.0. The number of piperidine rings is 1. The van der Waals surface area contributed by atoms with Gasteiger partial charge in [-0.25, -0.2) is 8.42 Å². The summed E-state index contributed by atoms with van der Waals surface area (Å²) >= 11 is 1.17. The summed E-state index contributed by atoms with van der Waals surface area (Å²) in [5, 5.41) is 11.1. The van der Waals surface area contributed by atoms with E-state index in [1.165, 1.54) is 16.1 Å². The van der Waals surface area contributed by atoms with Crippen LogP contribution in [0.15, 0.2) is 38.8 Å². The maximum Gasteiger partial charge on any atom is 0.277 e. The summed E-state index contributed by atoms with van der Waals surface area (Å²) in [6, 6.07) is 6.87. The van der Waals surface area contributed by atoms with Gasteiger partial charge in [-0.15, -0.1) is 10.2 Å². The first-order chi connectivity index (χ1) is 13.5. The molecule has 8 nitrogen and oxygen atoms in total. The molecule has 150 valence electrons. The van der Waals surface area contributed by atoms with E-state index in [4.69, 9.17) is 4.42 Å². The Kier molecular flexibility index (Phi) is 5.70. The van der Waals surface area contributed by atoms with Crippen LogP contribution in [0.5, 0.6) is 0 Å². The van der Waals surface area contributed by atoms with Crippen molar-refractivity contribution in [1.82, 2.24) is 19.8 Å². The van der Waals surface area contributed by atoms with Crippen molar-refractivity contribution in [2.75, 3.05) is 18.8 Å². The van der Waals surface area contributed by atoms with Crippen molar-refractivity contribution in [1.29, 1.82) is 0 Å². The van der Waals surface area contributed by atoms with E-state index in [1.54, 1.807) is 24.3 Å². The fourth-order valence-electron chi connectivity index (χ4n) is 3.05. The highest BCUT2D eigenvalue weighted by Gasteiger charge is 2.27. The SMILES string of the molecule is O=C(CSc1nnc(-c2cccc(S(=O)(=O)N3CCCCC3)c2)o1)NC1CC1. The predicted molar refractivity (Wildman–Crippen MR) is 104 cm³/mol. The summed E-state index contributed by atoms with van der Waals surface area (Å²) in [5.74, 6) is 0.393. The number of amides is 1. The van der Waals surface area contributed by atoms with Crippen LogP contribution in [-0.4, -0.2) is 53.7 Å². The number of hydrogen-bond acceptors (Lipinski definition) is 7. The molecule has 0 spiro atoms. The zero-order valence-electron chi connectivity index (χ0n) is 15.3. The molecule has 2 aromatic rings. The lowest BCUT2D eigenvalue weighted by atomic mass is 10.2. The standard InChI is InChI=1S/C18H22N4O4S2/c23-16(19-14-7-8-14)12-27-18-21-20-17(26-18)13-5-4-6-15(11-13)28(24,25)22-9-2-1-3-10-22/h4-6,11,14H,1-3,7-10,12H2,(H,19,23). The highest BCUT2D eigenvalue weighted by molar-refractivity contribution is 7.99. The second-order valence-corrected chi connectivity index (χ2v) is 9.86. The molecule has 2 heterocycles. The molecule has 4 rings (SSSR count). The average molecular weight is 423 g/mol. The molecule has 0 unspecified atom stereocenters. The molecule has 2 aliphatic rings. The van der Waals surface area contributed by atoms with Gasteiger partial charge in [0.2, 0.25) is 21.8 Å². The molecule has 1 aliphatic heterocycles. The molecule has 1 amide bonds. The van der Waals surface area contributed by atoms with Gasteiger partial charge in [-0.1, -0.05) is 24.2 Å². The van der Waals surface area contributed by atoms with Crippen LogP contribution in [0.4, 0.5) is 0 Å². The van der Waals surface area contributed by atoms with Gasteiger partial charge in [-0.2, -0.15) is 4.31 Å². The minimum absolute atomic E-state index is 0.0538. The minimum atomic E-state index is -3.53. The van der Waals surface area contributed by atoms with Crippen molar-refractivity contribution in [2.24, 2.45) is 0 Å². The van der Waals surface area contributed by atoms with Gasteiger partial charge in [-0.3, -0.25) is 4.79 Å². The van der Waals surface area contributed by atoms with Gasteiger partial charge in [0.25, 0.3) is 5.22 Å². The van der Waals surface area contributed by atoms with Gasteiger partial charge >= 0.3 is 0 Å². The summed E-state index contributed by atoms with van der Waals surface area (Å²) in [6.07, 6.45) is 4.91. The first-order valence-corrected chi connectivity index (χ1v) is 11.8. The Morgan fingerprint density at radius 3 is 2.75 bits per heavy atom. The molecule has 1 saturated carbocycles. The van der Waals surface area contributed by atoms with Crippen LogP contribution in [0.25, 0.3) is 11.5 Å². The van der Waals surface area contributed by atoms with Gasteiger partial charge in [0.05, 0.1) is 10.6 Å². The van der Waals surface area contributed by atoms with Crippen LogP contribution in [-0.2, 0) is 14.8 Å². The van der Waals surface area contributed by atoms with Crippen LogP contribution in [0.2, 0.25) is 0 Å². The van der Waals surface area contributed by atoms with Crippen molar-refractivity contribution in [3.8, 4) is 11.5 Å². The Labute approximate surface area is 168 Å². The molecule has 1 N–H and O–H groups in total. The monoisotopic (exact) mass is 422 g/mol. The molecule has 28 heavy (non-hydrogen) atoms. The average Bonchev–Trinajstić information content (AvgIpc) is 3.40. The number of hydrogen-bond donors (Lipinski definition) is 1. The van der Waals surface area contributed by atoms with Crippen molar-refractivity contribution < 1.29 is 17.6 Å². The lowest BCUT2D eigenvalue weighted by Crippen LogP contribution is -2.35. The molecule has 1 saturated heterocycles. The molecular formula is C18H22N4O4S2. The van der Waals surface area contributed by atoms with E-state index >= 15 is 0 Å². The van der Waals surface area contributed by atoms with Crippen LogP contribution < -0.4 is 5.32 Å². The summed E-state index contributed by atoms with van der Waals surface area (Å²) in [6.45, 7) is 1.10. The number of sulfonamides is 1. The van der Waals surface area contributed by atoms with E-state index in [9.17, 15) is 13.2 Å². The minimum Gasteiger partial charge on any atom is -0.411 e. The number of rotatable bonds is 7. The number of nitrogens with one attached hydrogen (secondary N) is 1. The number of benzene rings is 1. The Balaban J connectivity index is 1.45. The Bertz CT molecular complexity index is 950. The smallest absolute Gasteiger partial charge is 0.277 e. The van der Waals surface area contributed by atoms with E-state index < -0.39 is 10.0 Å². The first-order valence-electron chi connectivity index (χ1n) is 9.38. The second kappa shape index (κ2) is 8.22. The predicted octanol–water partition coefficient (Wildman–Crippen LogP) is 2.28. The topological polar surface area (TPSA) is 105 Å². The van der Waals surface area contributed by atoms with Crippen LogP contribution in [0.1, 0.15) is 32.1 Å². The van der Waals surface area contributed by atoms with Gasteiger partial charge in [0, 0.05) is 24.7 Å². The Morgan fingerprint density at radius 1 is 1.21 bits per heavy atom. The fraction of sp³-hybridized carbons (Fsp3) is 0.500. The summed E-state index contributed by atoms with van der Waals surface area (Å²) in [5.41, 5.74) is 0.542. The molecule has 0 radical (unpaired) electrons. The Morgan fingerprint density at radius 2 is 2.00 bits per heavy atom. The van der Waals surface area contributed by atoms with E-state index in [-0.39, 0.29) is 27.7 Å². The van der Waals surface area contributed by atoms with E-state index in [2.05, 4.69) is 15.5 Å². The molecule has 2 fully saturated rings. The van der Waals surface area contributed by atoms with E-state index in [1.807, 2.05) is 0 Å². The fourth-order valence-corrected chi connectivity index (χ4v) is 5.19. The normalized spacial score (nSPS) is 18.1. The molecule has 1 aromatic heterocycles. The number of nitrogens with zero attached hydrogens (tertiary/aromatic N) is 3. The van der Waals surface area contributed by atoms with E-state index in [0.29, 0.717) is 24.7 Å². The maximum absolute atomic E-state index is 12.9. The second-order valence-electron chi connectivity index (χ2n) is 7.00. The number of carbonyl (C=O) groups is 1. The summed E-state index contributed by atoms with van der Waals surface area (Å²) < 4.78 is 32.9. The Hall–Kier alpha value is -1.91. The zero-order chi connectivity index (χ0) is 19.6. The van der Waals surface area contributed by atoms with Crippen LogP contribution >= 0.6 is 11.8 Å². The quantitative estimate of drug-likeness (QED) is 0.683. The highest BCUT2D eigenvalue weighted by atomic mass is 32.2. The molecular weight excluding hydrogens is 400 g/mol. The van der Waals surface area contributed by atoms with Gasteiger partial charge in [-0.05, 0) is 43.9 Å².